The van der Waals surface area contributed by atoms with Crippen molar-refractivity contribution < 1.29 is 52.5 Å². The molecule has 8 amide bonds. The van der Waals surface area contributed by atoms with E-state index in [1.165, 1.54) is 12.3 Å². The molecule has 316 valence electrons. The summed E-state index contributed by atoms with van der Waals surface area (Å²) in [7, 11) is 0. The Balaban J connectivity index is 0.709. The van der Waals surface area contributed by atoms with Crippen molar-refractivity contribution in [3.8, 4) is 5.75 Å². The maximum Gasteiger partial charge on any atom is 0.329 e. The number of hydrogen-bond acceptors (Lipinski definition) is 12. The van der Waals surface area contributed by atoms with Crippen molar-refractivity contribution in [2.24, 2.45) is 0 Å². The predicted molar refractivity (Wildman–Crippen MR) is 217 cm³/mol. The van der Waals surface area contributed by atoms with Gasteiger partial charge in [-0.3, -0.25) is 44.0 Å². The summed E-state index contributed by atoms with van der Waals surface area (Å²) in [5.74, 6) is -2.81. The van der Waals surface area contributed by atoms with Gasteiger partial charge in [-0.05, 0) is 61.1 Å². The highest BCUT2D eigenvalue weighted by Crippen LogP contribution is 2.50. The third-order valence-corrected chi connectivity index (χ3v) is 11.5. The van der Waals surface area contributed by atoms with E-state index in [-0.39, 0.29) is 93.6 Å². The third-order valence-electron chi connectivity index (χ3n) is 11.1. The molecule has 1 atom stereocenters. The molecule has 0 radical (unpaired) electrons. The van der Waals surface area contributed by atoms with E-state index in [0.717, 1.165) is 15.4 Å². The topological polar surface area (TPSA) is 212 Å². The van der Waals surface area contributed by atoms with Crippen LogP contribution in [-0.4, -0.2) is 116 Å². The summed E-state index contributed by atoms with van der Waals surface area (Å²) in [4.78, 5) is 96.1. The number of benzene rings is 3. The molecular formula is C43H41ClN6O11. The SMILES string of the molecule is O=C1CCC(N2C(=O)c3cccc(OCCOCCOCCOCCNC(=O)c4ccc5c(N6C(=O)NC7(CC(c8ccccc8Cl)C7)C6=O)cncc5c4)c3C2=O)C(=O)N1. The van der Waals surface area contributed by atoms with Gasteiger partial charge in [-0.2, -0.15) is 0 Å². The van der Waals surface area contributed by atoms with Crippen molar-refractivity contribution in [3.05, 3.63) is 100 Å². The maximum atomic E-state index is 13.7. The predicted octanol–water partition coefficient (Wildman–Crippen LogP) is 3.52. The van der Waals surface area contributed by atoms with Crippen LogP contribution in [0.2, 0.25) is 5.02 Å². The zero-order chi connectivity index (χ0) is 42.7. The number of fused-ring (bicyclic) bond motifs is 2. The number of hydrogen-bond donors (Lipinski definition) is 3. The Hall–Kier alpha value is -6.27. The number of carbonyl (C=O) groups is 7. The van der Waals surface area contributed by atoms with Gasteiger partial charge in [0.15, 0.2) is 0 Å². The summed E-state index contributed by atoms with van der Waals surface area (Å²) >= 11 is 6.38. The molecule has 4 heterocycles. The summed E-state index contributed by atoms with van der Waals surface area (Å²) in [6, 6.07) is 15.6. The maximum absolute atomic E-state index is 13.7. The lowest BCUT2D eigenvalue weighted by molar-refractivity contribution is -0.136. The second-order valence-corrected chi connectivity index (χ2v) is 15.3. The first-order valence-corrected chi connectivity index (χ1v) is 20.2. The van der Waals surface area contributed by atoms with Crippen molar-refractivity contribution in [3.63, 3.8) is 0 Å². The van der Waals surface area contributed by atoms with Gasteiger partial charge < -0.3 is 29.6 Å². The smallest absolute Gasteiger partial charge is 0.329 e. The molecule has 2 saturated heterocycles. The Morgan fingerprint density at radius 3 is 2.34 bits per heavy atom. The standard InChI is InChI=1S/C43H41ClN6O11/c44-31-6-2-1-4-28(31)27-21-43(22-27)41(56)50(42(57)48-43)33-24-45-23-26-20-25(8-9-29(26)33)37(52)46-12-13-58-14-15-59-16-17-60-18-19-61-34-7-3-5-30-36(34)40(55)49(39(30)54)32-10-11-35(51)47-38(32)53/h1-9,20,23-24,27,32H,10-19,21-22H2,(H,46,52)(H,48,57)(H,47,51,53). The van der Waals surface area contributed by atoms with Crippen LogP contribution in [0.5, 0.6) is 5.75 Å². The van der Waals surface area contributed by atoms with Crippen molar-refractivity contribution >= 4 is 69.5 Å². The molecule has 3 aliphatic heterocycles. The molecule has 4 aromatic rings. The van der Waals surface area contributed by atoms with E-state index in [0.29, 0.717) is 46.5 Å². The average molecular weight is 853 g/mol. The number of nitrogens with one attached hydrogen (secondary N) is 3. The zero-order valence-electron chi connectivity index (χ0n) is 32.8. The van der Waals surface area contributed by atoms with Crippen molar-refractivity contribution in [2.45, 2.75) is 43.2 Å². The Kier molecular flexibility index (Phi) is 12.1. The van der Waals surface area contributed by atoms with E-state index in [1.54, 1.807) is 36.5 Å². The number of halogens is 1. The van der Waals surface area contributed by atoms with E-state index in [2.05, 4.69) is 20.9 Å². The number of carbonyl (C=O) groups excluding carboxylic acids is 7. The highest BCUT2D eigenvalue weighted by atomic mass is 35.5. The van der Waals surface area contributed by atoms with E-state index < -0.39 is 41.2 Å². The van der Waals surface area contributed by atoms with Crippen molar-refractivity contribution in [1.82, 2.24) is 25.8 Å². The highest BCUT2D eigenvalue weighted by Gasteiger charge is 2.59. The van der Waals surface area contributed by atoms with Gasteiger partial charge in [0, 0.05) is 40.5 Å². The number of piperidine rings is 1. The van der Waals surface area contributed by atoms with E-state index >= 15 is 0 Å². The summed E-state index contributed by atoms with van der Waals surface area (Å²) < 4.78 is 22.4. The van der Waals surface area contributed by atoms with Gasteiger partial charge >= 0.3 is 6.03 Å². The van der Waals surface area contributed by atoms with Crippen molar-refractivity contribution in [2.75, 3.05) is 57.7 Å². The molecule has 8 rings (SSSR count). The molecule has 4 aliphatic rings. The van der Waals surface area contributed by atoms with Gasteiger partial charge in [-0.15, -0.1) is 0 Å². The molecule has 1 unspecified atom stereocenters. The van der Waals surface area contributed by atoms with Crippen LogP contribution in [0.3, 0.4) is 0 Å². The second-order valence-electron chi connectivity index (χ2n) is 14.9. The van der Waals surface area contributed by atoms with E-state index in [4.69, 9.17) is 30.5 Å². The Labute approximate surface area is 354 Å². The molecule has 3 fully saturated rings. The number of urea groups is 1. The fourth-order valence-electron chi connectivity index (χ4n) is 8.10. The van der Waals surface area contributed by atoms with Crippen LogP contribution >= 0.6 is 11.6 Å². The quantitative estimate of drug-likeness (QED) is 0.0792. The minimum atomic E-state index is -1.07. The monoisotopic (exact) mass is 852 g/mol. The molecule has 0 bridgehead atoms. The molecule has 1 aromatic heterocycles. The van der Waals surface area contributed by atoms with Crippen LogP contribution < -0.4 is 25.6 Å². The molecule has 1 saturated carbocycles. The largest absolute Gasteiger partial charge is 0.490 e. The van der Waals surface area contributed by atoms with Gasteiger partial charge in [0.05, 0.1) is 62.7 Å². The Bertz CT molecular complexity index is 2440. The van der Waals surface area contributed by atoms with Crippen molar-refractivity contribution in [1.29, 1.82) is 0 Å². The minimum Gasteiger partial charge on any atom is -0.490 e. The number of pyridine rings is 1. The molecular weight excluding hydrogens is 812 g/mol. The molecule has 17 nitrogen and oxygen atoms in total. The van der Waals surface area contributed by atoms with Crippen LogP contribution in [-0.2, 0) is 28.6 Å². The number of ether oxygens (including phenoxy) is 4. The summed E-state index contributed by atoms with van der Waals surface area (Å²) in [5.41, 5.74) is 0.872. The summed E-state index contributed by atoms with van der Waals surface area (Å²) in [5, 5.41) is 9.72. The lowest BCUT2D eigenvalue weighted by Crippen LogP contribution is -2.56. The first-order valence-electron chi connectivity index (χ1n) is 19.8. The zero-order valence-corrected chi connectivity index (χ0v) is 33.5. The number of aromatic nitrogens is 1. The van der Waals surface area contributed by atoms with E-state index in [9.17, 15) is 33.6 Å². The second kappa shape index (κ2) is 17.8. The lowest BCUT2D eigenvalue weighted by Gasteiger charge is -2.43. The van der Waals surface area contributed by atoms with Crippen LogP contribution in [0.4, 0.5) is 10.5 Å². The number of imide groups is 3. The number of amides is 8. The van der Waals surface area contributed by atoms with Crippen LogP contribution in [0.25, 0.3) is 10.8 Å². The average Bonchev–Trinajstić information content (AvgIpc) is 3.65. The molecule has 3 aromatic carbocycles. The third kappa shape index (κ3) is 8.29. The number of nitrogens with zero attached hydrogens (tertiary/aromatic N) is 3. The first-order chi connectivity index (χ1) is 29.6. The molecule has 1 aliphatic carbocycles. The Morgan fingerprint density at radius 1 is 0.852 bits per heavy atom. The van der Waals surface area contributed by atoms with Crippen LogP contribution in [0.15, 0.2) is 73.1 Å². The normalized spacial score (nSPS) is 20.9. The van der Waals surface area contributed by atoms with Gasteiger partial charge in [0.2, 0.25) is 11.8 Å². The fraction of sp³-hybridized carbons (Fsp3) is 0.349. The molecule has 18 heteroatoms. The molecule has 3 N–H and O–H groups in total. The fourth-order valence-corrected chi connectivity index (χ4v) is 8.39. The van der Waals surface area contributed by atoms with E-state index in [1.807, 2.05) is 24.3 Å². The summed E-state index contributed by atoms with van der Waals surface area (Å²) in [6.07, 6.45) is 4.03. The van der Waals surface area contributed by atoms with Gasteiger partial charge in [0.1, 0.15) is 23.9 Å². The minimum absolute atomic E-state index is 0.0296. The van der Waals surface area contributed by atoms with Gasteiger partial charge in [-0.1, -0.05) is 41.9 Å². The molecule has 1 spiro atoms. The number of anilines is 1. The lowest BCUT2D eigenvalue weighted by atomic mass is 9.65. The van der Waals surface area contributed by atoms with Gasteiger partial charge in [0.25, 0.3) is 23.6 Å². The van der Waals surface area contributed by atoms with Crippen LogP contribution in [0, 0.1) is 0 Å². The number of rotatable bonds is 17. The van der Waals surface area contributed by atoms with Gasteiger partial charge in [-0.25, -0.2) is 9.69 Å². The Morgan fingerprint density at radius 2 is 1.59 bits per heavy atom. The first kappa shape index (κ1) is 41.5. The molecule has 61 heavy (non-hydrogen) atoms. The summed E-state index contributed by atoms with van der Waals surface area (Å²) in [6.45, 7) is 1.90. The highest BCUT2D eigenvalue weighted by molar-refractivity contribution is 6.31. The van der Waals surface area contributed by atoms with Crippen LogP contribution in [0.1, 0.15) is 68.2 Å².